The van der Waals surface area contributed by atoms with Crippen LogP contribution in [0.4, 0.5) is 13.2 Å². The third-order valence-corrected chi connectivity index (χ3v) is 6.79. The fourth-order valence-corrected chi connectivity index (χ4v) is 4.14. The Kier molecular flexibility index (Phi) is 7.53. The molecule has 34 heavy (non-hydrogen) atoms. The van der Waals surface area contributed by atoms with Crippen LogP contribution in [-0.4, -0.2) is 31.9 Å². The van der Waals surface area contributed by atoms with E-state index in [0.717, 1.165) is 17.7 Å². The third-order valence-electron chi connectivity index (χ3n) is 4.97. The van der Waals surface area contributed by atoms with Crippen molar-refractivity contribution in [1.29, 1.82) is 0 Å². The highest BCUT2D eigenvalue weighted by atomic mass is 32.2. The number of hydrazone groups is 1. The van der Waals surface area contributed by atoms with E-state index >= 15 is 0 Å². The zero-order valence-electron chi connectivity index (χ0n) is 18.4. The van der Waals surface area contributed by atoms with Crippen molar-refractivity contribution in [2.45, 2.75) is 24.5 Å². The van der Waals surface area contributed by atoms with Gasteiger partial charge in [0.05, 0.1) is 16.7 Å². The fraction of sp³-hybridized carbons (Fsp3) is 0.167. The second-order valence-corrected chi connectivity index (χ2v) is 9.63. The Bertz CT molecular complexity index is 1270. The summed E-state index contributed by atoms with van der Waals surface area (Å²) in [6.07, 6.45) is -3.19. The van der Waals surface area contributed by atoms with Crippen LogP contribution in [0.5, 0.6) is 0 Å². The summed E-state index contributed by atoms with van der Waals surface area (Å²) in [5.41, 5.74) is 3.85. The van der Waals surface area contributed by atoms with Crippen LogP contribution in [0.3, 0.4) is 0 Å². The van der Waals surface area contributed by atoms with E-state index in [1.165, 1.54) is 41.8 Å². The normalized spacial score (nSPS) is 12.3. The molecule has 0 unspecified atom stereocenters. The van der Waals surface area contributed by atoms with E-state index in [0.29, 0.717) is 11.1 Å². The lowest BCUT2D eigenvalue weighted by Crippen LogP contribution is -2.26. The summed E-state index contributed by atoms with van der Waals surface area (Å²) in [6.45, 7) is 1.99. The second-order valence-electron chi connectivity index (χ2n) is 7.59. The molecule has 178 valence electrons. The van der Waals surface area contributed by atoms with Gasteiger partial charge in [0.25, 0.3) is 5.91 Å². The van der Waals surface area contributed by atoms with Crippen LogP contribution in [-0.2, 0) is 22.7 Å². The van der Waals surface area contributed by atoms with Gasteiger partial charge in [0, 0.05) is 19.2 Å². The van der Waals surface area contributed by atoms with Gasteiger partial charge in [0.2, 0.25) is 10.0 Å². The maximum atomic E-state index is 12.7. The highest BCUT2D eigenvalue weighted by molar-refractivity contribution is 7.89. The molecule has 1 amide bonds. The molecule has 0 saturated heterocycles. The SMILES string of the molecule is Cc1ccc(S(=O)(=O)N(C)Cc2ccc(C(=O)N/N=C\c3ccc(C(F)(F)F)cc3)cc2)cc1. The number of carbonyl (C=O) groups excluding carboxylic acids is 1. The Morgan fingerprint density at radius 2 is 1.56 bits per heavy atom. The van der Waals surface area contributed by atoms with E-state index in [4.69, 9.17) is 0 Å². The summed E-state index contributed by atoms with van der Waals surface area (Å²) in [6, 6.07) is 17.3. The summed E-state index contributed by atoms with van der Waals surface area (Å²) >= 11 is 0. The summed E-state index contributed by atoms with van der Waals surface area (Å²) in [5.74, 6) is -0.518. The zero-order chi connectivity index (χ0) is 24.9. The number of sulfonamides is 1. The van der Waals surface area contributed by atoms with Crippen LogP contribution in [0.2, 0.25) is 0 Å². The molecule has 0 heterocycles. The topological polar surface area (TPSA) is 78.8 Å². The quantitative estimate of drug-likeness (QED) is 0.389. The van der Waals surface area contributed by atoms with Crippen LogP contribution in [0.25, 0.3) is 0 Å². The van der Waals surface area contributed by atoms with E-state index in [-0.39, 0.29) is 17.0 Å². The zero-order valence-corrected chi connectivity index (χ0v) is 19.2. The smallest absolute Gasteiger partial charge is 0.267 e. The van der Waals surface area contributed by atoms with Gasteiger partial charge in [-0.1, -0.05) is 42.0 Å². The lowest BCUT2D eigenvalue weighted by molar-refractivity contribution is -0.137. The van der Waals surface area contributed by atoms with Crippen LogP contribution in [0.1, 0.15) is 32.6 Å². The van der Waals surface area contributed by atoms with E-state index in [1.807, 2.05) is 6.92 Å². The van der Waals surface area contributed by atoms with Gasteiger partial charge in [0.15, 0.2) is 0 Å². The van der Waals surface area contributed by atoms with Crippen molar-refractivity contribution < 1.29 is 26.4 Å². The van der Waals surface area contributed by atoms with E-state index in [1.54, 1.807) is 36.4 Å². The average Bonchev–Trinajstić information content (AvgIpc) is 2.79. The Labute approximate surface area is 195 Å². The van der Waals surface area contributed by atoms with Crippen LogP contribution >= 0.6 is 0 Å². The molecular formula is C24H22F3N3O3S. The number of aryl methyl sites for hydroxylation is 1. The Morgan fingerprint density at radius 1 is 0.971 bits per heavy atom. The Balaban J connectivity index is 1.58. The van der Waals surface area contributed by atoms with Crippen molar-refractivity contribution in [1.82, 2.24) is 9.73 Å². The minimum absolute atomic E-state index is 0.115. The molecule has 10 heteroatoms. The van der Waals surface area contributed by atoms with Gasteiger partial charge in [-0.05, 0) is 54.4 Å². The Morgan fingerprint density at radius 3 is 2.12 bits per heavy atom. The van der Waals surface area contributed by atoms with Crippen LogP contribution in [0, 0.1) is 6.92 Å². The highest BCUT2D eigenvalue weighted by Gasteiger charge is 2.29. The number of hydrogen-bond donors (Lipinski definition) is 1. The van der Waals surface area contributed by atoms with Crippen molar-refractivity contribution in [3.05, 3.63) is 101 Å². The van der Waals surface area contributed by atoms with Crippen molar-refractivity contribution in [2.24, 2.45) is 5.10 Å². The fourth-order valence-electron chi connectivity index (χ4n) is 2.98. The largest absolute Gasteiger partial charge is 0.416 e. The molecule has 0 aliphatic rings. The molecule has 0 radical (unpaired) electrons. The third kappa shape index (κ3) is 6.30. The monoisotopic (exact) mass is 489 g/mol. The first-order chi connectivity index (χ1) is 16.0. The van der Waals surface area contributed by atoms with Crippen molar-refractivity contribution >= 4 is 22.1 Å². The number of alkyl halides is 3. The first kappa shape index (κ1) is 25.1. The van der Waals surface area contributed by atoms with Gasteiger partial charge in [-0.2, -0.15) is 22.6 Å². The highest BCUT2D eigenvalue weighted by Crippen LogP contribution is 2.28. The number of hydrogen-bond acceptors (Lipinski definition) is 4. The van der Waals surface area contributed by atoms with Gasteiger partial charge in [0.1, 0.15) is 0 Å². The van der Waals surface area contributed by atoms with E-state index in [2.05, 4.69) is 10.5 Å². The van der Waals surface area contributed by atoms with Gasteiger partial charge in [-0.25, -0.2) is 13.8 Å². The first-order valence-electron chi connectivity index (χ1n) is 10.1. The molecule has 1 N–H and O–H groups in total. The van der Waals surface area contributed by atoms with Gasteiger partial charge in [-0.15, -0.1) is 0 Å². The molecule has 0 atom stereocenters. The average molecular weight is 490 g/mol. The maximum absolute atomic E-state index is 12.7. The first-order valence-corrected chi connectivity index (χ1v) is 11.5. The molecule has 0 saturated carbocycles. The van der Waals surface area contributed by atoms with E-state index in [9.17, 15) is 26.4 Å². The Hall–Kier alpha value is -3.50. The van der Waals surface area contributed by atoms with Gasteiger partial charge < -0.3 is 0 Å². The van der Waals surface area contributed by atoms with E-state index < -0.39 is 27.7 Å². The summed E-state index contributed by atoms with van der Waals surface area (Å²) < 4.78 is 64.4. The van der Waals surface area contributed by atoms with Gasteiger partial charge in [-0.3, -0.25) is 4.79 Å². The standard InChI is InChI=1S/C24H22F3N3O3S/c1-17-3-13-22(14-4-17)34(32,33)30(2)16-19-5-9-20(10-6-19)23(31)29-28-15-18-7-11-21(12-8-18)24(25,26)27/h3-15H,16H2,1-2H3,(H,29,31)/b28-15-. The predicted octanol–water partition coefficient (Wildman–Crippen LogP) is 4.60. The molecule has 0 spiro atoms. The number of benzene rings is 3. The molecule has 0 aliphatic heterocycles. The molecule has 0 fully saturated rings. The lowest BCUT2D eigenvalue weighted by Gasteiger charge is -2.17. The van der Waals surface area contributed by atoms with Crippen LogP contribution < -0.4 is 5.43 Å². The number of nitrogens with one attached hydrogen (secondary N) is 1. The van der Waals surface area contributed by atoms with Crippen molar-refractivity contribution in [3.63, 3.8) is 0 Å². The second kappa shape index (κ2) is 10.2. The predicted molar refractivity (Wildman–Crippen MR) is 123 cm³/mol. The molecule has 3 aromatic rings. The van der Waals surface area contributed by atoms with Gasteiger partial charge >= 0.3 is 6.18 Å². The number of amides is 1. The number of rotatable bonds is 7. The lowest BCUT2D eigenvalue weighted by atomic mass is 10.1. The molecular weight excluding hydrogens is 467 g/mol. The molecule has 3 aromatic carbocycles. The summed E-state index contributed by atoms with van der Waals surface area (Å²) in [4.78, 5) is 12.4. The molecule has 0 aromatic heterocycles. The molecule has 0 bridgehead atoms. The van der Waals surface area contributed by atoms with Crippen LogP contribution in [0.15, 0.2) is 82.8 Å². The number of halogens is 3. The summed E-state index contributed by atoms with van der Waals surface area (Å²) in [7, 11) is -2.18. The summed E-state index contributed by atoms with van der Waals surface area (Å²) in [5, 5.41) is 3.76. The number of carbonyl (C=O) groups is 1. The molecule has 3 rings (SSSR count). The molecule has 6 nitrogen and oxygen atoms in total. The van der Waals surface area contributed by atoms with Crippen molar-refractivity contribution in [2.75, 3.05) is 7.05 Å². The van der Waals surface area contributed by atoms with Crippen molar-refractivity contribution in [3.8, 4) is 0 Å². The number of nitrogens with zero attached hydrogens (tertiary/aromatic N) is 2. The minimum Gasteiger partial charge on any atom is -0.267 e. The molecule has 0 aliphatic carbocycles. The minimum atomic E-state index is -4.42. The maximum Gasteiger partial charge on any atom is 0.416 e.